The number of rotatable bonds is 5. The van der Waals surface area contributed by atoms with Gasteiger partial charge in [0.1, 0.15) is 0 Å². The van der Waals surface area contributed by atoms with E-state index in [-0.39, 0.29) is 0 Å². The first-order chi connectivity index (χ1) is 7.83. The zero-order valence-electron chi connectivity index (χ0n) is 10.5. The summed E-state index contributed by atoms with van der Waals surface area (Å²) in [6.45, 7) is 1.92. The van der Waals surface area contributed by atoms with E-state index < -0.39 is 0 Å². The van der Waals surface area contributed by atoms with Crippen LogP contribution < -0.4 is 5.73 Å². The van der Waals surface area contributed by atoms with E-state index in [1.807, 2.05) is 0 Å². The molecular formula is C13H26N2O. The van der Waals surface area contributed by atoms with Crippen LogP contribution in [0.1, 0.15) is 44.9 Å². The maximum atomic E-state index is 6.33. The summed E-state index contributed by atoms with van der Waals surface area (Å²) in [7, 11) is 1.79. The molecule has 2 aliphatic rings. The Morgan fingerprint density at radius 2 is 1.88 bits per heavy atom. The van der Waals surface area contributed by atoms with Gasteiger partial charge < -0.3 is 10.5 Å². The lowest BCUT2D eigenvalue weighted by Crippen LogP contribution is -2.49. The van der Waals surface area contributed by atoms with Crippen molar-refractivity contribution in [3.63, 3.8) is 0 Å². The van der Waals surface area contributed by atoms with Gasteiger partial charge in [-0.2, -0.15) is 0 Å². The molecule has 0 aliphatic heterocycles. The van der Waals surface area contributed by atoms with Crippen molar-refractivity contribution >= 4 is 0 Å². The van der Waals surface area contributed by atoms with Crippen molar-refractivity contribution in [1.29, 1.82) is 0 Å². The molecular weight excluding hydrogens is 200 g/mol. The smallest absolute Gasteiger partial charge is 0.0589 e. The fourth-order valence-electron chi connectivity index (χ4n) is 2.95. The highest BCUT2D eigenvalue weighted by atomic mass is 16.5. The Morgan fingerprint density at radius 1 is 1.12 bits per heavy atom. The van der Waals surface area contributed by atoms with Crippen molar-refractivity contribution in [3.8, 4) is 0 Å². The second-order valence-corrected chi connectivity index (χ2v) is 5.33. The molecule has 2 aliphatic carbocycles. The van der Waals surface area contributed by atoms with Crippen molar-refractivity contribution in [2.45, 2.75) is 63.1 Å². The molecule has 0 radical (unpaired) electrons. The second-order valence-electron chi connectivity index (χ2n) is 5.33. The zero-order chi connectivity index (χ0) is 11.4. The van der Waals surface area contributed by atoms with Crippen LogP contribution in [0.25, 0.3) is 0 Å². The van der Waals surface area contributed by atoms with Gasteiger partial charge in [0, 0.05) is 31.8 Å². The van der Waals surface area contributed by atoms with E-state index in [2.05, 4.69) is 4.90 Å². The molecule has 3 nitrogen and oxygen atoms in total. The minimum absolute atomic E-state index is 0.389. The van der Waals surface area contributed by atoms with Crippen LogP contribution in [-0.4, -0.2) is 43.3 Å². The third-order valence-electron chi connectivity index (χ3n) is 4.03. The van der Waals surface area contributed by atoms with E-state index in [1.54, 1.807) is 7.11 Å². The van der Waals surface area contributed by atoms with Crippen molar-refractivity contribution < 1.29 is 4.74 Å². The van der Waals surface area contributed by atoms with Gasteiger partial charge in [-0.25, -0.2) is 0 Å². The summed E-state index contributed by atoms with van der Waals surface area (Å²) in [6, 6.07) is 1.81. The maximum absolute atomic E-state index is 6.33. The first kappa shape index (κ1) is 12.3. The fraction of sp³-hybridized carbons (Fsp3) is 1.00. The van der Waals surface area contributed by atoms with Gasteiger partial charge in [0.25, 0.3) is 0 Å². The molecule has 2 rings (SSSR count). The minimum atomic E-state index is 0.389. The number of nitrogens with two attached hydrogens (primary N) is 1. The molecule has 2 unspecified atom stereocenters. The molecule has 0 aromatic heterocycles. The summed E-state index contributed by atoms with van der Waals surface area (Å²) in [4.78, 5) is 2.64. The van der Waals surface area contributed by atoms with Crippen LogP contribution in [0.5, 0.6) is 0 Å². The highest BCUT2D eigenvalue weighted by molar-refractivity contribution is 4.93. The summed E-state index contributed by atoms with van der Waals surface area (Å²) in [5, 5.41) is 0. The molecule has 3 heteroatoms. The third kappa shape index (κ3) is 3.19. The monoisotopic (exact) mass is 226 g/mol. The summed E-state index contributed by atoms with van der Waals surface area (Å²) in [5.41, 5.74) is 6.33. The van der Waals surface area contributed by atoms with E-state index >= 15 is 0 Å². The van der Waals surface area contributed by atoms with Gasteiger partial charge in [-0.15, -0.1) is 0 Å². The van der Waals surface area contributed by atoms with Crippen LogP contribution in [0.4, 0.5) is 0 Å². The van der Waals surface area contributed by atoms with E-state index in [4.69, 9.17) is 10.5 Å². The molecule has 0 spiro atoms. The molecule has 0 saturated heterocycles. The lowest BCUT2D eigenvalue weighted by Gasteiger charge is -2.34. The molecule has 0 heterocycles. The quantitative estimate of drug-likeness (QED) is 0.726. The average Bonchev–Trinajstić information content (AvgIpc) is 3.09. The summed E-state index contributed by atoms with van der Waals surface area (Å²) >= 11 is 0. The summed E-state index contributed by atoms with van der Waals surface area (Å²) in [6.07, 6.45) is 9.28. The Kier molecular flexibility index (Phi) is 4.62. The Morgan fingerprint density at radius 3 is 2.56 bits per heavy atom. The largest absolute Gasteiger partial charge is 0.383 e. The predicted molar refractivity (Wildman–Crippen MR) is 66.5 cm³/mol. The average molecular weight is 226 g/mol. The molecule has 2 fully saturated rings. The number of hydrogen-bond donors (Lipinski definition) is 1. The van der Waals surface area contributed by atoms with E-state index in [9.17, 15) is 0 Å². The molecule has 0 aromatic rings. The molecule has 2 N–H and O–H groups in total. The number of hydrogen-bond acceptors (Lipinski definition) is 3. The normalized spacial score (nSPS) is 31.7. The Bertz CT molecular complexity index is 206. The molecule has 0 aromatic carbocycles. The Balaban J connectivity index is 1.93. The number of methoxy groups -OCH3 is 1. The maximum Gasteiger partial charge on any atom is 0.0589 e. The van der Waals surface area contributed by atoms with Crippen LogP contribution in [0, 0.1) is 0 Å². The lowest BCUT2D eigenvalue weighted by molar-refractivity contribution is 0.0986. The number of nitrogens with zero attached hydrogens (tertiary/aromatic N) is 1. The van der Waals surface area contributed by atoms with Crippen molar-refractivity contribution in [3.05, 3.63) is 0 Å². The van der Waals surface area contributed by atoms with Gasteiger partial charge in [0.2, 0.25) is 0 Å². The SMILES string of the molecule is COCCN(C1CC1)C1CCCCCC1N. The van der Waals surface area contributed by atoms with Gasteiger partial charge in [-0.3, -0.25) is 4.90 Å². The van der Waals surface area contributed by atoms with Crippen LogP contribution in [0.3, 0.4) is 0 Å². The summed E-state index contributed by atoms with van der Waals surface area (Å²) < 4.78 is 5.23. The molecule has 16 heavy (non-hydrogen) atoms. The molecule has 0 amide bonds. The van der Waals surface area contributed by atoms with Gasteiger partial charge in [-0.05, 0) is 25.7 Å². The van der Waals surface area contributed by atoms with Gasteiger partial charge in [0.05, 0.1) is 6.61 Å². The van der Waals surface area contributed by atoms with Crippen LogP contribution in [0.2, 0.25) is 0 Å². The van der Waals surface area contributed by atoms with Crippen LogP contribution in [-0.2, 0) is 4.74 Å². The van der Waals surface area contributed by atoms with Crippen molar-refractivity contribution in [2.75, 3.05) is 20.3 Å². The number of ether oxygens (including phenoxy) is 1. The Labute approximate surface area is 99.3 Å². The van der Waals surface area contributed by atoms with E-state index in [0.29, 0.717) is 12.1 Å². The highest BCUT2D eigenvalue weighted by Crippen LogP contribution is 2.32. The second kappa shape index (κ2) is 5.99. The first-order valence-electron chi connectivity index (χ1n) is 6.83. The van der Waals surface area contributed by atoms with Gasteiger partial charge in [0.15, 0.2) is 0 Å². The van der Waals surface area contributed by atoms with Gasteiger partial charge in [-0.1, -0.05) is 19.3 Å². The van der Waals surface area contributed by atoms with Crippen LogP contribution >= 0.6 is 0 Å². The zero-order valence-corrected chi connectivity index (χ0v) is 10.5. The molecule has 0 bridgehead atoms. The lowest BCUT2D eigenvalue weighted by atomic mass is 10.0. The van der Waals surface area contributed by atoms with Crippen molar-refractivity contribution in [2.24, 2.45) is 5.73 Å². The third-order valence-corrected chi connectivity index (χ3v) is 4.03. The standard InChI is InChI=1S/C13H26N2O/c1-16-10-9-15(11-7-8-11)13-6-4-2-3-5-12(13)14/h11-13H,2-10,14H2,1H3. The molecule has 2 saturated carbocycles. The molecule has 94 valence electrons. The van der Waals surface area contributed by atoms with Crippen LogP contribution in [0.15, 0.2) is 0 Å². The Hall–Kier alpha value is -0.120. The predicted octanol–water partition coefficient (Wildman–Crippen LogP) is 1.76. The van der Waals surface area contributed by atoms with E-state index in [0.717, 1.165) is 19.2 Å². The van der Waals surface area contributed by atoms with Gasteiger partial charge >= 0.3 is 0 Å². The molecule has 2 atom stereocenters. The minimum Gasteiger partial charge on any atom is -0.383 e. The van der Waals surface area contributed by atoms with Crippen molar-refractivity contribution in [1.82, 2.24) is 4.90 Å². The fourth-order valence-corrected chi connectivity index (χ4v) is 2.95. The first-order valence-corrected chi connectivity index (χ1v) is 6.83. The highest BCUT2D eigenvalue weighted by Gasteiger charge is 2.36. The van der Waals surface area contributed by atoms with E-state index in [1.165, 1.54) is 44.9 Å². The summed E-state index contributed by atoms with van der Waals surface area (Å²) in [5.74, 6) is 0. The topological polar surface area (TPSA) is 38.5 Å².